The number of ether oxygens (including phenoxy) is 1. The molecule has 2 rings (SSSR count). The van der Waals surface area contributed by atoms with Crippen molar-refractivity contribution in [2.75, 3.05) is 6.61 Å². The van der Waals surface area contributed by atoms with Crippen LogP contribution in [0.25, 0.3) is 0 Å². The molecule has 1 nitrogen and oxygen atoms in total. The predicted molar refractivity (Wildman–Crippen MR) is 49.7 cm³/mol. The van der Waals surface area contributed by atoms with Crippen molar-refractivity contribution < 1.29 is 9.13 Å². The Labute approximate surface area is 78.3 Å². The molecule has 0 aromatic rings. The molecule has 0 aromatic heterocycles. The summed E-state index contributed by atoms with van der Waals surface area (Å²) in [4.78, 5) is 0. The van der Waals surface area contributed by atoms with Crippen LogP contribution in [0.2, 0.25) is 0 Å². The van der Waals surface area contributed by atoms with Crippen LogP contribution in [0.1, 0.15) is 26.7 Å². The molecule has 1 saturated heterocycles. The Morgan fingerprint density at radius 2 is 2.38 bits per heavy atom. The summed E-state index contributed by atoms with van der Waals surface area (Å²) >= 11 is 0. The minimum Gasteiger partial charge on any atom is -0.498 e. The van der Waals surface area contributed by atoms with Gasteiger partial charge < -0.3 is 4.74 Å². The van der Waals surface area contributed by atoms with E-state index in [1.165, 1.54) is 0 Å². The summed E-state index contributed by atoms with van der Waals surface area (Å²) in [7, 11) is 0. The standard InChI is InChI=1S/C11H15FO/c1-3-11(2)8-6-7-13-9(8)4-5-10(11)12/h4-5,8H,3,6-7H2,1-2H3. The number of fused-ring (bicyclic) bond motifs is 1. The lowest BCUT2D eigenvalue weighted by atomic mass is 9.70. The van der Waals surface area contributed by atoms with Crippen LogP contribution >= 0.6 is 0 Å². The highest BCUT2D eigenvalue weighted by Gasteiger charge is 2.44. The lowest BCUT2D eigenvalue weighted by Gasteiger charge is -2.34. The molecule has 1 aliphatic carbocycles. The van der Waals surface area contributed by atoms with E-state index in [9.17, 15) is 4.39 Å². The fourth-order valence-electron chi connectivity index (χ4n) is 2.26. The Bertz CT molecular complexity index is 280. The second kappa shape index (κ2) is 2.86. The second-order valence-electron chi connectivity index (χ2n) is 4.04. The van der Waals surface area contributed by atoms with Crippen LogP contribution in [0.15, 0.2) is 23.7 Å². The van der Waals surface area contributed by atoms with Crippen LogP contribution in [-0.2, 0) is 4.74 Å². The van der Waals surface area contributed by atoms with Gasteiger partial charge in [-0.15, -0.1) is 0 Å². The van der Waals surface area contributed by atoms with Crippen molar-refractivity contribution in [3.8, 4) is 0 Å². The van der Waals surface area contributed by atoms with Gasteiger partial charge in [0.2, 0.25) is 0 Å². The van der Waals surface area contributed by atoms with Crippen LogP contribution in [-0.4, -0.2) is 6.61 Å². The van der Waals surface area contributed by atoms with E-state index in [1.807, 2.05) is 13.8 Å². The average molecular weight is 182 g/mol. The lowest BCUT2D eigenvalue weighted by Crippen LogP contribution is -2.28. The van der Waals surface area contributed by atoms with Gasteiger partial charge in [-0.3, -0.25) is 0 Å². The van der Waals surface area contributed by atoms with Gasteiger partial charge in [-0.25, -0.2) is 4.39 Å². The summed E-state index contributed by atoms with van der Waals surface area (Å²) in [6, 6.07) is 0. The van der Waals surface area contributed by atoms with Crippen LogP contribution in [0.3, 0.4) is 0 Å². The third kappa shape index (κ3) is 1.11. The molecule has 0 saturated carbocycles. The number of hydrogen-bond acceptors (Lipinski definition) is 1. The third-order valence-electron chi connectivity index (χ3n) is 3.46. The van der Waals surface area contributed by atoms with Gasteiger partial charge in [0, 0.05) is 11.3 Å². The largest absolute Gasteiger partial charge is 0.498 e. The maximum atomic E-state index is 13.6. The molecule has 13 heavy (non-hydrogen) atoms. The zero-order chi connectivity index (χ0) is 9.47. The summed E-state index contributed by atoms with van der Waals surface area (Å²) in [5.41, 5.74) is -0.319. The maximum Gasteiger partial charge on any atom is 0.107 e. The summed E-state index contributed by atoms with van der Waals surface area (Å²) in [6.45, 7) is 4.77. The highest BCUT2D eigenvalue weighted by molar-refractivity contribution is 5.28. The van der Waals surface area contributed by atoms with Crippen LogP contribution in [0.5, 0.6) is 0 Å². The van der Waals surface area contributed by atoms with Crippen molar-refractivity contribution in [2.45, 2.75) is 26.7 Å². The minimum absolute atomic E-state index is 0.00856. The summed E-state index contributed by atoms with van der Waals surface area (Å²) in [6.07, 6.45) is 5.13. The van der Waals surface area contributed by atoms with Gasteiger partial charge in [-0.05, 0) is 25.0 Å². The number of rotatable bonds is 1. The SMILES string of the molecule is CCC1(C)C(F)=CC=C2OCCC21. The Kier molecular flexibility index (Phi) is 1.94. The van der Waals surface area contributed by atoms with Crippen molar-refractivity contribution >= 4 is 0 Å². The van der Waals surface area contributed by atoms with Crippen LogP contribution in [0, 0.1) is 11.3 Å². The van der Waals surface area contributed by atoms with Crippen molar-refractivity contribution in [1.82, 2.24) is 0 Å². The lowest BCUT2D eigenvalue weighted by molar-refractivity contribution is 0.189. The van der Waals surface area contributed by atoms with E-state index >= 15 is 0 Å². The first-order valence-corrected chi connectivity index (χ1v) is 4.89. The third-order valence-corrected chi connectivity index (χ3v) is 3.46. The fraction of sp³-hybridized carbons (Fsp3) is 0.636. The van der Waals surface area contributed by atoms with Gasteiger partial charge in [-0.1, -0.05) is 13.8 Å². The molecule has 0 N–H and O–H groups in total. The average Bonchev–Trinajstić information content (AvgIpc) is 2.60. The van der Waals surface area contributed by atoms with Crippen molar-refractivity contribution in [3.63, 3.8) is 0 Å². The van der Waals surface area contributed by atoms with Crippen LogP contribution < -0.4 is 0 Å². The first-order chi connectivity index (χ1) is 6.18. The molecular formula is C11H15FO. The van der Waals surface area contributed by atoms with E-state index < -0.39 is 0 Å². The number of halogens is 1. The topological polar surface area (TPSA) is 9.23 Å². The molecule has 0 spiro atoms. The Morgan fingerprint density at radius 3 is 3.08 bits per heavy atom. The molecule has 0 amide bonds. The molecule has 0 aromatic carbocycles. The fourth-order valence-corrected chi connectivity index (χ4v) is 2.26. The Balaban J connectivity index is 2.38. The van der Waals surface area contributed by atoms with Gasteiger partial charge in [0.25, 0.3) is 0 Å². The van der Waals surface area contributed by atoms with E-state index in [2.05, 4.69) is 0 Å². The second-order valence-corrected chi connectivity index (χ2v) is 4.04. The molecule has 1 fully saturated rings. The highest BCUT2D eigenvalue weighted by Crippen LogP contribution is 2.49. The minimum atomic E-state index is -0.319. The van der Waals surface area contributed by atoms with E-state index in [0.717, 1.165) is 25.2 Å². The van der Waals surface area contributed by atoms with Crippen LogP contribution in [0.4, 0.5) is 4.39 Å². The van der Waals surface area contributed by atoms with Crippen molar-refractivity contribution in [1.29, 1.82) is 0 Å². The molecular weight excluding hydrogens is 167 g/mol. The first-order valence-electron chi connectivity index (χ1n) is 4.89. The normalized spacial score (nSPS) is 37.6. The maximum absolute atomic E-state index is 13.6. The number of allylic oxidation sites excluding steroid dienone is 4. The van der Waals surface area contributed by atoms with E-state index in [1.54, 1.807) is 12.2 Å². The summed E-state index contributed by atoms with van der Waals surface area (Å²) < 4.78 is 19.1. The molecule has 2 aliphatic rings. The highest BCUT2D eigenvalue weighted by atomic mass is 19.1. The van der Waals surface area contributed by atoms with E-state index in [0.29, 0.717) is 0 Å². The van der Waals surface area contributed by atoms with Crippen molar-refractivity contribution in [2.24, 2.45) is 11.3 Å². The molecule has 2 heteroatoms. The summed E-state index contributed by atoms with van der Waals surface area (Å²) in [5, 5.41) is 0. The van der Waals surface area contributed by atoms with E-state index in [-0.39, 0.29) is 17.2 Å². The van der Waals surface area contributed by atoms with Gasteiger partial charge in [0.05, 0.1) is 6.61 Å². The van der Waals surface area contributed by atoms with E-state index in [4.69, 9.17) is 4.74 Å². The van der Waals surface area contributed by atoms with Gasteiger partial charge in [0.15, 0.2) is 0 Å². The van der Waals surface area contributed by atoms with Gasteiger partial charge in [0.1, 0.15) is 11.6 Å². The quantitative estimate of drug-likeness (QED) is 0.605. The molecule has 1 aliphatic heterocycles. The molecule has 2 atom stereocenters. The molecule has 0 bridgehead atoms. The molecule has 72 valence electrons. The predicted octanol–water partition coefficient (Wildman–Crippen LogP) is 3.19. The Hall–Kier alpha value is -0.790. The Morgan fingerprint density at radius 1 is 1.62 bits per heavy atom. The smallest absolute Gasteiger partial charge is 0.107 e. The summed E-state index contributed by atoms with van der Waals surface area (Å²) in [5.74, 6) is 1.25. The molecule has 2 unspecified atom stereocenters. The zero-order valence-electron chi connectivity index (χ0n) is 8.14. The number of hydrogen-bond donors (Lipinski definition) is 0. The van der Waals surface area contributed by atoms with Gasteiger partial charge >= 0.3 is 0 Å². The zero-order valence-corrected chi connectivity index (χ0v) is 8.14. The monoisotopic (exact) mass is 182 g/mol. The molecule has 1 heterocycles. The first kappa shape index (κ1) is 8.79. The van der Waals surface area contributed by atoms with Crippen molar-refractivity contribution in [3.05, 3.63) is 23.7 Å². The van der Waals surface area contributed by atoms with Gasteiger partial charge in [-0.2, -0.15) is 0 Å². The molecule has 0 radical (unpaired) electrons.